The molecule has 3 nitrogen and oxygen atoms in total. The van der Waals surface area contributed by atoms with E-state index < -0.39 is 22.7 Å². The number of nitrogens with zero attached hydrogens (tertiary/aromatic N) is 1. The van der Waals surface area contributed by atoms with Crippen molar-refractivity contribution in [3.63, 3.8) is 0 Å². The van der Waals surface area contributed by atoms with Gasteiger partial charge in [0.05, 0.1) is 0 Å². The fourth-order valence-electron chi connectivity index (χ4n) is 1.82. The summed E-state index contributed by atoms with van der Waals surface area (Å²) in [5.41, 5.74) is 0.0286. The molecule has 1 aromatic carbocycles. The van der Waals surface area contributed by atoms with Crippen molar-refractivity contribution in [1.82, 2.24) is 4.98 Å². The first-order chi connectivity index (χ1) is 10.4. The maximum atomic E-state index is 12.5. The van der Waals surface area contributed by atoms with E-state index in [1.54, 1.807) is 0 Å². The molecule has 1 atom stereocenters. The number of rotatable bonds is 6. The van der Waals surface area contributed by atoms with Crippen LogP contribution in [0.1, 0.15) is 11.3 Å². The highest BCUT2D eigenvalue weighted by molar-refractivity contribution is 7.84. The quantitative estimate of drug-likeness (QED) is 0.883. The molecule has 0 amide bonds. The van der Waals surface area contributed by atoms with Crippen LogP contribution in [0.3, 0.4) is 0 Å². The minimum absolute atomic E-state index is 0.131. The Hall–Kier alpha value is -1.89. The summed E-state index contributed by atoms with van der Waals surface area (Å²) in [7, 11) is -1.08. The van der Waals surface area contributed by atoms with Gasteiger partial charge in [0.25, 0.3) is 0 Å². The number of anilines is 1. The summed E-state index contributed by atoms with van der Waals surface area (Å²) in [4.78, 5) is 3.49. The number of pyridine rings is 1. The van der Waals surface area contributed by atoms with E-state index in [2.05, 4.69) is 10.3 Å². The molecule has 0 spiro atoms. The van der Waals surface area contributed by atoms with E-state index in [0.717, 1.165) is 11.6 Å². The zero-order chi connectivity index (χ0) is 16.0. The summed E-state index contributed by atoms with van der Waals surface area (Å²) >= 11 is 0. The highest BCUT2D eigenvalue weighted by atomic mass is 32.2. The third-order valence-corrected chi connectivity index (χ3v) is 4.16. The fraction of sp³-hybridized carbons (Fsp3) is 0.267. The van der Waals surface area contributed by atoms with Crippen LogP contribution in [0.5, 0.6) is 0 Å². The van der Waals surface area contributed by atoms with Gasteiger partial charge in [0.15, 0.2) is 0 Å². The Labute approximate surface area is 129 Å². The van der Waals surface area contributed by atoms with Crippen molar-refractivity contribution in [2.75, 3.05) is 17.6 Å². The molecular weight excluding hydrogens is 313 g/mol. The lowest BCUT2D eigenvalue weighted by Crippen LogP contribution is -2.15. The molecule has 0 saturated heterocycles. The Balaban J connectivity index is 1.82. The average Bonchev–Trinajstić information content (AvgIpc) is 2.48. The van der Waals surface area contributed by atoms with E-state index in [1.165, 1.54) is 12.1 Å². The molecule has 0 unspecified atom stereocenters. The molecule has 0 fully saturated rings. The van der Waals surface area contributed by atoms with E-state index >= 15 is 0 Å². The summed E-state index contributed by atoms with van der Waals surface area (Å²) in [5, 5.41) is 2.77. The molecule has 0 bridgehead atoms. The van der Waals surface area contributed by atoms with Crippen LogP contribution >= 0.6 is 0 Å². The molecule has 2 rings (SSSR count). The molecule has 0 aliphatic heterocycles. The van der Waals surface area contributed by atoms with Crippen molar-refractivity contribution in [3.05, 3.63) is 59.8 Å². The van der Waals surface area contributed by atoms with Crippen molar-refractivity contribution in [2.24, 2.45) is 0 Å². The van der Waals surface area contributed by atoms with Gasteiger partial charge in [-0.2, -0.15) is 13.2 Å². The third kappa shape index (κ3) is 5.14. The third-order valence-electron chi connectivity index (χ3n) is 2.85. The maximum Gasteiger partial charge on any atom is 0.433 e. The Kier molecular flexibility index (Phi) is 5.54. The standard InChI is InChI=1S/C15H15F3N2OS/c16-15(17,18)13-7-4-8-14(20-13)19-9-10-22(21)11-12-5-2-1-3-6-12/h1-8H,9-11H2,(H,19,20)/t22-/m0/s1. The highest BCUT2D eigenvalue weighted by Gasteiger charge is 2.32. The van der Waals surface area contributed by atoms with Crippen LogP contribution in [-0.4, -0.2) is 21.5 Å². The second kappa shape index (κ2) is 7.40. The van der Waals surface area contributed by atoms with Crippen molar-refractivity contribution >= 4 is 16.6 Å². The van der Waals surface area contributed by atoms with Crippen LogP contribution < -0.4 is 5.32 Å². The van der Waals surface area contributed by atoms with Crippen LogP contribution in [-0.2, 0) is 22.7 Å². The van der Waals surface area contributed by atoms with Gasteiger partial charge in [0.2, 0.25) is 0 Å². The first-order valence-corrected chi connectivity index (χ1v) is 8.11. The van der Waals surface area contributed by atoms with Gasteiger partial charge < -0.3 is 5.32 Å². The van der Waals surface area contributed by atoms with E-state index in [1.807, 2.05) is 30.3 Å². The molecule has 1 heterocycles. The van der Waals surface area contributed by atoms with Crippen molar-refractivity contribution < 1.29 is 17.4 Å². The molecule has 1 aromatic heterocycles. The SMILES string of the molecule is O=[S@@](CCNc1cccc(C(F)(F)F)n1)Cc1ccccc1. The number of aromatic nitrogens is 1. The number of halogens is 3. The number of hydrogen-bond donors (Lipinski definition) is 1. The first kappa shape index (κ1) is 16.5. The van der Waals surface area contributed by atoms with Gasteiger partial charge in [-0.1, -0.05) is 36.4 Å². The molecular formula is C15H15F3N2OS. The van der Waals surface area contributed by atoms with Gasteiger partial charge in [0, 0.05) is 28.9 Å². The molecule has 0 aliphatic carbocycles. The lowest BCUT2D eigenvalue weighted by Gasteiger charge is -2.09. The monoisotopic (exact) mass is 328 g/mol. The maximum absolute atomic E-state index is 12.5. The summed E-state index contributed by atoms with van der Waals surface area (Å²) < 4.78 is 49.5. The normalized spacial score (nSPS) is 12.9. The molecule has 1 N–H and O–H groups in total. The highest BCUT2D eigenvalue weighted by Crippen LogP contribution is 2.28. The number of alkyl halides is 3. The number of hydrogen-bond acceptors (Lipinski definition) is 3. The molecule has 0 aliphatic rings. The van der Waals surface area contributed by atoms with Gasteiger partial charge in [-0.3, -0.25) is 4.21 Å². The molecule has 118 valence electrons. The predicted octanol–water partition coefficient (Wildman–Crippen LogP) is 3.46. The van der Waals surface area contributed by atoms with Crippen molar-refractivity contribution in [1.29, 1.82) is 0 Å². The Morgan fingerprint density at radius 1 is 1.05 bits per heavy atom. The minimum atomic E-state index is -4.46. The first-order valence-electron chi connectivity index (χ1n) is 6.62. The van der Waals surface area contributed by atoms with Crippen LogP contribution in [0.4, 0.5) is 19.0 Å². The molecule has 22 heavy (non-hydrogen) atoms. The zero-order valence-electron chi connectivity index (χ0n) is 11.6. The van der Waals surface area contributed by atoms with Crippen LogP contribution in [0.2, 0.25) is 0 Å². The van der Waals surface area contributed by atoms with Gasteiger partial charge >= 0.3 is 6.18 Å². The second-order valence-corrected chi connectivity index (χ2v) is 6.18. The van der Waals surface area contributed by atoms with Gasteiger partial charge in [-0.25, -0.2) is 4.98 Å². The smallest absolute Gasteiger partial charge is 0.369 e. The fourth-order valence-corrected chi connectivity index (χ4v) is 2.85. The summed E-state index contributed by atoms with van der Waals surface area (Å²) in [6.45, 7) is 0.299. The average molecular weight is 328 g/mol. The summed E-state index contributed by atoms with van der Waals surface area (Å²) in [5.74, 6) is 0.900. The van der Waals surface area contributed by atoms with E-state index in [-0.39, 0.29) is 5.82 Å². The van der Waals surface area contributed by atoms with Gasteiger partial charge in [0.1, 0.15) is 11.5 Å². The predicted molar refractivity (Wildman–Crippen MR) is 80.9 cm³/mol. The summed E-state index contributed by atoms with van der Waals surface area (Å²) in [6.07, 6.45) is -4.46. The lowest BCUT2D eigenvalue weighted by atomic mass is 10.2. The van der Waals surface area contributed by atoms with E-state index in [9.17, 15) is 17.4 Å². The van der Waals surface area contributed by atoms with Gasteiger partial charge in [-0.05, 0) is 17.7 Å². The van der Waals surface area contributed by atoms with E-state index in [4.69, 9.17) is 0 Å². The molecule has 7 heteroatoms. The Morgan fingerprint density at radius 2 is 1.77 bits per heavy atom. The molecule has 2 aromatic rings. The van der Waals surface area contributed by atoms with Crippen molar-refractivity contribution in [3.8, 4) is 0 Å². The second-order valence-electron chi connectivity index (χ2n) is 4.61. The van der Waals surface area contributed by atoms with Crippen molar-refractivity contribution in [2.45, 2.75) is 11.9 Å². The van der Waals surface area contributed by atoms with Crippen LogP contribution in [0.15, 0.2) is 48.5 Å². The molecule has 0 radical (unpaired) electrons. The lowest BCUT2D eigenvalue weighted by molar-refractivity contribution is -0.141. The Bertz CT molecular complexity index is 632. The van der Waals surface area contributed by atoms with Crippen LogP contribution in [0.25, 0.3) is 0 Å². The molecule has 0 saturated carbocycles. The largest absolute Gasteiger partial charge is 0.433 e. The summed E-state index contributed by atoms with van der Waals surface area (Å²) in [6, 6.07) is 13.1. The van der Waals surface area contributed by atoms with Gasteiger partial charge in [-0.15, -0.1) is 0 Å². The topological polar surface area (TPSA) is 42.0 Å². The number of nitrogens with one attached hydrogen (secondary N) is 1. The number of benzene rings is 1. The van der Waals surface area contributed by atoms with E-state index in [0.29, 0.717) is 18.1 Å². The minimum Gasteiger partial charge on any atom is -0.369 e. The van der Waals surface area contributed by atoms with Crippen LogP contribution in [0, 0.1) is 0 Å². The zero-order valence-corrected chi connectivity index (χ0v) is 12.5. The Morgan fingerprint density at radius 3 is 2.45 bits per heavy atom.